The van der Waals surface area contributed by atoms with Gasteiger partial charge in [0.15, 0.2) is 0 Å². The van der Waals surface area contributed by atoms with Crippen molar-refractivity contribution < 1.29 is 0 Å². The first-order valence-electron chi connectivity index (χ1n) is 5.05. The van der Waals surface area contributed by atoms with E-state index in [1.165, 1.54) is 0 Å². The second-order valence-electron chi connectivity index (χ2n) is 3.39. The molecule has 0 aromatic carbocycles. The molecule has 1 aromatic rings. The van der Waals surface area contributed by atoms with Crippen molar-refractivity contribution >= 4 is 17.7 Å². The highest BCUT2D eigenvalue weighted by Crippen LogP contribution is 2.16. The molecule has 0 aliphatic carbocycles. The number of nitrogens with zero attached hydrogens (tertiary/aromatic N) is 2. The van der Waals surface area contributed by atoms with Crippen molar-refractivity contribution in [3.05, 3.63) is 12.4 Å². The van der Waals surface area contributed by atoms with Gasteiger partial charge in [-0.25, -0.2) is 4.98 Å². The Morgan fingerprint density at radius 2 is 2.43 bits per heavy atom. The topological polar surface area (TPSA) is 29.9 Å². The molecular formula is C10H19N3S. The number of hydrogen-bond acceptors (Lipinski definition) is 3. The van der Waals surface area contributed by atoms with Crippen LogP contribution in [0, 0.1) is 0 Å². The number of hydrogen-bond donors (Lipinski definition) is 1. The molecule has 14 heavy (non-hydrogen) atoms. The zero-order valence-corrected chi connectivity index (χ0v) is 9.97. The van der Waals surface area contributed by atoms with E-state index in [2.05, 4.69) is 35.0 Å². The van der Waals surface area contributed by atoms with E-state index >= 15 is 0 Å². The highest BCUT2D eigenvalue weighted by atomic mass is 32.2. The zero-order valence-electron chi connectivity index (χ0n) is 9.16. The van der Waals surface area contributed by atoms with Crippen LogP contribution in [0.3, 0.4) is 0 Å². The van der Waals surface area contributed by atoms with Crippen molar-refractivity contribution in [2.75, 3.05) is 23.9 Å². The molecule has 0 saturated carbocycles. The van der Waals surface area contributed by atoms with Gasteiger partial charge < -0.3 is 9.88 Å². The third-order valence-electron chi connectivity index (χ3n) is 2.08. The molecule has 3 nitrogen and oxygen atoms in total. The smallest absolute Gasteiger partial charge is 0.203 e. The van der Waals surface area contributed by atoms with Gasteiger partial charge >= 0.3 is 0 Å². The Balaban J connectivity index is 2.61. The second-order valence-corrected chi connectivity index (χ2v) is 4.30. The highest BCUT2D eigenvalue weighted by molar-refractivity contribution is 7.98. The Kier molecular flexibility index (Phi) is 4.87. The summed E-state index contributed by atoms with van der Waals surface area (Å²) in [5, 5.41) is 3.32. The predicted octanol–water partition coefficient (Wildman–Crippen LogP) is 2.63. The normalized spacial score (nSPS) is 12.8. The lowest BCUT2D eigenvalue weighted by atomic mass is 10.4. The van der Waals surface area contributed by atoms with Crippen LogP contribution < -0.4 is 5.32 Å². The minimum Gasteiger partial charge on any atom is -0.356 e. The zero-order chi connectivity index (χ0) is 10.4. The largest absolute Gasteiger partial charge is 0.356 e. The van der Waals surface area contributed by atoms with Crippen molar-refractivity contribution in [1.82, 2.24) is 9.55 Å². The standard InChI is InChI=1S/C10H19N3S/c1-4-5-11-10-12-6-7-13(10)9(2)8-14-3/h6-7,9H,4-5,8H2,1-3H3,(H,11,12). The summed E-state index contributed by atoms with van der Waals surface area (Å²) in [7, 11) is 0. The number of thioether (sulfide) groups is 1. The lowest BCUT2D eigenvalue weighted by molar-refractivity contribution is 0.614. The van der Waals surface area contributed by atoms with Crippen molar-refractivity contribution in [1.29, 1.82) is 0 Å². The fourth-order valence-corrected chi connectivity index (χ4v) is 2.01. The molecule has 1 heterocycles. The van der Waals surface area contributed by atoms with Crippen LogP contribution >= 0.6 is 11.8 Å². The molecule has 1 atom stereocenters. The van der Waals surface area contributed by atoms with E-state index < -0.39 is 0 Å². The van der Waals surface area contributed by atoms with Crippen molar-refractivity contribution in [2.24, 2.45) is 0 Å². The summed E-state index contributed by atoms with van der Waals surface area (Å²) in [4.78, 5) is 4.30. The number of imidazole rings is 1. The molecule has 4 heteroatoms. The van der Waals surface area contributed by atoms with Gasteiger partial charge in [0.1, 0.15) is 0 Å². The van der Waals surface area contributed by atoms with Crippen LogP contribution in [0.5, 0.6) is 0 Å². The summed E-state index contributed by atoms with van der Waals surface area (Å²) in [6.07, 6.45) is 7.16. The lowest BCUT2D eigenvalue weighted by Gasteiger charge is -2.15. The average Bonchev–Trinajstić information content (AvgIpc) is 2.63. The van der Waals surface area contributed by atoms with E-state index in [9.17, 15) is 0 Å². The molecule has 0 aliphatic heterocycles. The van der Waals surface area contributed by atoms with Crippen molar-refractivity contribution in [2.45, 2.75) is 26.3 Å². The van der Waals surface area contributed by atoms with E-state index in [1.807, 2.05) is 24.2 Å². The van der Waals surface area contributed by atoms with Crippen LogP contribution in [0.15, 0.2) is 12.4 Å². The Labute approximate surface area is 90.3 Å². The molecule has 0 fully saturated rings. The first-order valence-corrected chi connectivity index (χ1v) is 6.44. The molecule has 0 saturated heterocycles. The third-order valence-corrected chi connectivity index (χ3v) is 2.90. The van der Waals surface area contributed by atoms with Crippen LogP contribution in [0.2, 0.25) is 0 Å². The molecule has 0 radical (unpaired) electrons. The van der Waals surface area contributed by atoms with Gasteiger partial charge in [-0.15, -0.1) is 0 Å². The number of anilines is 1. The van der Waals surface area contributed by atoms with E-state index in [0.29, 0.717) is 6.04 Å². The van der Waals surface area contributed by atoms with Gasteiger partial charge in [-0.2, -0.15) is 11.8 Å². The van der Waals surface area contributed by atoms with Crippen molar-refractivity contribution in [3.8, 4) is 0 Å². The Morgan fingerprint density at radius 3 is 3.07 bits per heavy atom. The quantitative estimate of drug-likeness (QED) is 0.788. The van der Waals surface area contributed by atoms with E-state index in [-0.39, 0.29) is 0 Å². The van der Waals surface area contributed by atoms with Crippen LogP contribution in [-0.4, -0.2) is 28.1 Å². The lowest BCUT2D eigenvalue weighted by Crippen LogP contribution is -2.12. The van der Waals surface area contributed by atoms with Gasteiger partial charge in [-0.05, 0) is 19.6 Å². The van der Waals surface area contributed by atoms with E-state index in [0.717, 1.165) is 24.7 Å². The Bertz CT molecular complexity index is 260. The summed E-state index contributed by atoms with van der Waals surface area (Å²) >= 11 is 1.86. The maximum Gasteiger partial charge on any atom is 0.203 e. The summed E-state index contributed by atoms with van der Waals surface area (Å²) in [5.41, 5.74) is 0. The van der Waals surface area contributed by atoms with Gasteiger partial charge in [-0.1, -0.05) is 6.92 Å². The second kappa shape index (κ2) is 5.96. The Hall–Kier alpha value is -0.640. The molecular weight excluding hydrogens is 194 g/mol. The van der Waals surface area contributed by atoms with Crippen LogP contribution in [0.1, 0.15) is 26.3 Å². The molecule has 1 rings (SSSR count). The van der Waals surface area contributed by atoms with Gasteiger partial charge in [-0.3, -0.25) is 0 Å². The van der Waals surface area contributed by atoms with Gasteiger partial charge in [0.2, 0.25) is 5.95 Å². The maximum absolute atomic E-state index is 4.30. The van der Waals surface area contributed by atoms with Crippen molar-refractivity contribution in [3.63, 3.8) is 0 Å². The van der Waals surface area contributed by atoms with Gasteiger partial charge in [0.25, 0.3) is 0 Å². The average molecular weight is 213 g/mol. The molecule has 1 aromatic heterocycles. The highest BCUT2D eigenvalue weighted by Gasteiger charge is 2.07. The van der Waals surface area contributed by atoms with E-state index in [1.54, 1.807) is 0 Å². The van der Waals surface area contributed by atoms with Gasteiger partial charge in [0.05, 0.1) is 0 Å². The molecule has 0 amide bonds. The minimum atomic E-state index is 0.506. The molecule has 0 bridgehead atoms. The number of rotatable bonds is 6. The van der Waals surface area contributed by atoms with Crippen LogP contribution in [0.4, 0.5) is 5.95 Å². The molecule has 80 valence electrons. The number of aromatic nitrogens is 2. The summed E-state index contributed by atoms with van der Waals surface area (Å²) in [6, 6.07) is 0.506. The monoisotopic (exact) mass is 213 g/mol. The predicted molar refractivity (Wildman–Crippen MR) is 64.1 cm³/mol. The first-order chi connectivity index (χ1) is 6.79. The van der Waals surface area contributed by atoms with Crippen LogP contribution in [-0.2, 0) is 0 Å². The fourth-order valence-electron chi connectivity index (χ4n) is 1.36. The summed E-state index contributed by atoms with van der Waals surface area (Å²) in [5.74, 6) is 2.12. The molecule has 1 N–H and O–H groups in total. The fraction of sp³-hybridized carbons (Fsp3) is 0.700. The molecule has 0 spiro atoms. The minimum absolute atomic E-state index is 0.506. The molecule has 1 unspecified atom stereocenters. The molecule has 0 aliphatic rings. The third kappa shape index (κ3) is 2.94. The van der Waals surface area contributed by atoms with Gasteiger partial charge in [0, 0.05) is 30.7 Å². The maximum atomic E-state index is 4.30. The number of nitrogens with one attached hydrogen (secondary N) is 1. The first kappa shape index (κ1) is 11.4. The SMILES string of the molecule is CCCNc1nccn1C(C)CSC. The summed E-state index contributed by atoms with van der Waals surface area (Å²) < 4.78 is 2.20. The summed E-state index contributed by atoms with van der Waals surface area (Å²) in [6.45, 7) is 5.36. The van der Waals surface area contributed by atoms with E-state index in [4.69, 9.17) is 0 Å². The van der Waals surface area contributed by atoms with Crippen LogP contribution in [0.25, 0.3) is 0 Å². The Morgan fingerprint density at radius 1 is 1.64 bits per heavy atom.